The van der Waals surface area contributed by atoms with Gasteiger partial charge in [-0.3, -0.25) is 4.90 Å². The Morgan fingerprint density at radius 1 is 0.900 bits per heavy atom. The van der Waals surface area contributed by atoms with Gasteiger partial charge in [0.15, 0.2) is 0 Å². The van der Waals surface area contributed by atoms with E-state index in [-0.39, 0.29) is 0 Å². The summed E-state index contributed by atoms with van der Waals surface area (Å²) < 4.78 is 0. The fourth-order valence-electron chi connectivity index (χ4n) is 3.00. The highest BCUT2D eigenvalue weighted by atomic mass is 15.2. The predicted molar refractivity (Wildman–Crippen MR) is 84.3 cm³/mol. The van der Waals surface area contributed by atoms with E-state index in [1.807, 2.05) is 0 Å². The molecule has 0 aliphatic carbocycles. The molecule has 2 heterocycles. The third kappa shape index (κ3) is 3.51. The summed E-state index contributed by atoms with van der Waals surface area (Å²) in [5.41, 5.74) is 2.81. The molecule has 0 atom stereocenters. The molecule has 4 nitrogen and oxygen atoms in total. The molecule has 110 valence electrons. The molecule has 0 radical (unpaired) electrons. The Morgan fingerprint density at radius 3 is 2.20 bits per heavy atom. The van der Waals surface area contributed by atoms with Crippen LogP contribution in [0.5, 0.6) is 0 Å². The van der Waals surface area contributed by atoms with Crippen LogP contribution >= 0.6 is 0 Å². The third-order valence-electron chi connectivity index (χ3n) is 4.42. The number of hydrogen-bond acceptors (Lipinski definition) is 4. The lowest BCUT2D eigenvalue weighted by Crippen LogP contribution is -2.44. The van der Waals surface area contributed by atoms with Gasteiger partial charge >= 0.3 is 0 Å². The molecule has 0 saturated carbocycles. The Hall–Kier alpha value is -1.10. The van der Waals surface area contributed by atoms with Crippen LogP contribution in [0.2, 0.25) is 0 Å². The molecule has 20 heavy (non-hydrogen) atoms. The number of piperazine rings is 2. The summed E-state index contributed by atoms with van der Waals surface area (Å²) in [6, 6.07) is 9.19. The third-order valence-corrected chi connectivity index (χ3v) is 4.42. The molecule has 2 fully saturated rings. The van der Waals surface area contributed by atoms with E-state index in [2.05, 4.69) is 51.3 Å². The Bertz CT molecular complexity index is 403. The quantitative estimate of drug-likeness (QED) is 0.882. The maximum absolute atomic E-state index is 3.40. The molecule has 0 aromatic heterocycles. The summed E-state index contributed by atoms with van der Waals surface area (Å²) in [5.74, 6) is 0. The van der Waals surface area contributed by atoms with Crippen LogP contribution in [0.1, 0.15) is 5.56 Å². The first-order valence-electron chi connectivity index (χ1n) is 7.77. The Kier molecular flexibility index (Phi) is 4.55. The molecule has 0 amide bonds. The van der Waals surface area contributed by atoms with Crippen molar-refractivity contribution >= 4 is 5.69 Å². The van der Waals surface area contributed by atoms with Gasteiger partial charge in [0, 0.05) is 64.6 Å². The first-order valence-corrected chi connectivity index (χ1v) is 7.77. The number of hydrogen-bond donors (Lipinski definition) is 1. The second kappa shape index (κ2) is 6.57. The van der Waals surface area contributed by atoms with Crippen LogP contribution < -0.4 is 10.2 Å². The van der Waals surface area contributed by atoms with E-state index in [1.165, 1.54) is 37.4 Å². The smallest absolute Gasteiger partial charge is 0.0367 e. The van der Waals surface area contributed by atoms with E-state index in [0.717, 1.165) is 32.7 Å². The molecule has 3 rings (SSSR count). The second-order valence-electron chi connectivity index (χ2n) is 5.98. The van der Waals surface area contributed by atoms with Crippen molar-refractivity contribution in [2.24, 2.45) is 0 Å². The zero-order valence-corrected chi connectivity index (χ0v) is 12.5. The van der Waals surface area contributed by atoms with Crippen molar-refractivity contribution in [3.63, 3.8) is 0 Å². The lowest BCUT2D eigenvalue weighted by Gasteiger charge is -2.34. The van der Waals surface area contributed by atoms with Crippen molar-refractivity contribution in [1.82, 2.24) is 15.1 Å². The van der Waals surface area contributed by atoms with Crippen LogP contribution in [0.3, 0.4) is 0 Å². The monoisotopic (exact) mass is 274 g/mol. The molecular weight excluding hydrogens is 248 g/mol. The van der Waals surface area contributed by atoms with Crippen molar-refractivity contribution in [3.8, 4) is 0 Å². The fourth-order valence-corrected chi connectivity index (χ4v) is 3.00. The zero-order valence-electron chi connectivity index (χ0n) is 12.5. The summed E-state index contributed by atoms with van der Waals surface area (Å²) in [6.45, 7) is 10.3. The molecule has 2 aliphatic heterocycles. The van der Waals surface area contributed by atoms with Gasteiger partial charge < -0.3 is 15.1 Å². The molecule has 2 aliphatic rings. The fraction of sp³-hybridized carbons (Fsp3) is 0.625. The molecule has 4 heteroatoms. The van der Waals surface area contributed by atoms with Crippen LogP contribution in [0, 0.1) is 0 Å². The Labute approximate surface area is 122 Å². The van der Waals surface area contributed by atoms with Crippen LogP contribution in [0.4, 0.5) is 5.69 Å². The van der Waals surface area contributed by atoms with E-state index in [0.29, 0.717) is 0 Å². The average molecular weight is 274 g/mol. The SMILES string of the molecule is CN1CCN(c2ccc(CN3CCNCC3)cc2)CC1. The number of likely N-dealkylation sites (N-methyl/N-ethyl adjacent to an activating group) is 1. The molecule has 1 aromatic carbocycles. The van der Waals surface area contributed by atoms with E-state index < -0.39 is 0 Å². The molecule has 0 spiro atoms. The van der Waals surface area contributed by atoms with E-state index in [9.17, 15) is 0 Å². The maximum atomic E-state index is 3.40. The van der Waals surface area contributed by atoms with Crippen LogP contribution in [-0.4, -0.2) is 69.2 Å². The molecule has 1 N–H and O–H groups in total. The van der Waals surface area contributed by atoms with Crippen molar-refractivity contribution in [1.29, 1.82) is 0 Å². The lowest BCUT2D eigenvalue weighted by molar-refractivity contribution is 0.233. The van der Waals surface area contributed by atoms with Gasteiger partial charge in [-0.2, -0.15) is 0 Å². The predicted octanol–water partition coefficient (Wildman–Crippen LogP) is 0.844. The number of rotatable bonds is 3. The summed E-state index contributed by atoms with van der Waals surface area (Å²) in [4.78, 5) is 7.42. The van der Waals surface area contributed by atoms with Crippen molar-refractivity contribution in [2.75, 3.05) is 64.3 Å². The van der Waals surface area contributed by atoms with Gasteiger partial charge in [-0.25, -0.2) is 0 Å². The second-order valence-corrected chi connectivity index (χ2v) is 5.98. The van der Waals surface area contributed by atoms with Gasteiger partial charge in [0.05, 0.1) is 0 Å². The highest BCUT2D eigenvalue weighted by molar-refractivity contribution is 5.48. The van der Waals surface area contributed by atoms with Gasteiger partial charge in [-0.05, 0) is 24.7 Å². The topological polar surface area (TPSA) is 21.8 Å². The minimum Gasteiger partial charge on any atom is -0.369 e. The number of benzene rings is 1. The minimum absolute atomic E-state index is 1.09. The molecular formula is C16H26N4. The van der Waals surface area contributed by atoms with E-state index >= 15 is 0 Å². The van der Waals surface area contributed by atoms with Gasteiger partial charge in [0.2, 0.25) is 0 Å². The summed E-state index contributed by atoms with van der Waals surface area (Å²) >= 11 is 0. The summed E-state index contributed by atoms with van der Waals surface area (Å²) in [6.07, 6.45) is 0. The Morgan fingerprint density at radius 2 is 1.55 bits per heavy atom. The number of anilines is 1. The highest BCUT2D eigenvalue weighted by Gasteiger charge is 2.14. The first-order chi connectivity index (χ1) is 9.81. The Balaban J connectivity index is 1.56. The van der Waals surface area contributed by atoms with Gasteiger partial charge in [-0.15, -0.1) is 0 Å². The number of nitrogens with one attached hydrogen (secondary N) is 1. The molecule has 2 saturated heterocycles. The average Bonchev–Trinajstić information content (AvgIpc) is 2.50. The zero-order chi connectivity index (χ0) is 13.8. The van der Waals surface area contributed by atoms with Crippen molar-refractivity contribution < 1.29 is 0 Å². The largest absolute Gasteiger partial charge is 0.369 e. The standard InChI is InChI=1S/C16H26N4/c1-18-10-12-20(13-11-18)16-4-2-15(3-5-16)14-19-8-6-17-7-9-19/h2-5,17H,6-14H2,1H3. The van der Waals surface area contributed by atoms with Crippen LogP contribution in [0.25, 0.3) is 0 Å². The summed E-state index contributed by atoms with van der Waals surface area (Å²) in [5, 5.41) is 3.40. The van der Waals surface area contributed by atoms with E-state index in [1.54, 1.807) is 0 Å². The van der Waals surface area contributed by atoms with Gasteiger partial charge in [-0.1, -0.05) is 12.1 Å². The maximum Gasteiger partial charge on any atom is 0.0367 e. The van der Waals surface area contributed by atoms with Gasteiger partial charge in [0.25, 0.3) is 0 Å². The molecule has 0 bridgehead atoms. The number of nitrogens with zero attached hydrogens (tertiary/aromatic N) is 3. The molecule has 1 aromatic rings. The molecule has 0 unspecified atom stereocenters. The highest BCUT2D eigenvalue weighted by Crippen LogP contribution is 2.18. The first kappa shape index (κ1) is 13.9. The normalized spacial score (nSPS) is 22.1. The van der Waals surface area contributed by atoms with Crippen molar-refractivity contribution in [3.05, 3.63) is 29.8 Å². The lowest BCUT2D eigenvalue weighted by atomic mass is 10.1. The van der Waals surface area contributed by atoms with Crippen LogP contribution in [0.15, 0.2) is 24.3 Å². The summed E-state index contributed by atoms with van der Waals surface area (Å²) in [7, 11) is 2.20. The minimum atomic E-state index is 1.09. The van der Waals surface area contributed by atoms with E-state index in [4.69, 9.17) is 0 Å². The van der Waals surface area contributed by atoms with Crippen LogP contribution in [-0.2, 0) is 6.54 Å². The van der Waals surface area contributed by atoms with Gasteiger partial charge in [0.1, 0.15) is 0 Å². The van der Waals surface area contributed by atoms with Crippen molar-refractivity contribution in [2.45, 2.75) is 6.54 Å².